The van der Waals surface area contributed by atoms with Crippen molar-refractivity contribution in [3.05, 3.63) is 0 Å². The van der Waals surface area contributed by atoms with Gasteiger partial charge in [-0.3, -0.25) is 0 Å². The molecule has 1 N–H and O–H groups in total. The number of nitrogens with one attached hydrogen (secondary N) is 1. The molecule has 0 aromatic heterocycles. The summed E-state index contributed by atoms with van der Waals surface area (Å²) in [6.07, 6.45) is 1.59. The average Bonchev–Trinajstić information content (AvgIpc) is 2.25. The quantitative estimate of drug-likeness (QED) is 0.762. The highest BCUT2D eigenvalue weighted by molar-refractivity contribution is 4.90. The summed E-state index contributed by atoms with van der Waals surface area (Å²) < 4.78 is 38.6. The molecule has 20 heavy (non-hydrogen) atoms. The molecule has 2 saturated carbocycles. The molecule has 0 aromatic carbocycles. The van der Waals surface area contributed by atoms with Gasteiger partial charge in [0.05, 0.1) is 5.92 Å². The maximum Gasteiger partial charge on any atom is 0.391 e. The largest absolute Gasteiger partial charge is 0.391 e. The SMILES string of the molecule is CC1CC(NC2CCCC(C(F)(F)F)C2)CC(C)(C)C1. The third kappa shape index (κ3) is 4.37. The van der Waals surface area contributed by atoms with Crippen molar-refractivity contribution in [1.82, 2.24) is 5.32 Å². The van der Waals surface area contributed by atoms with E-state index in [9.17, 15) is 13.2 Å². The van der Waals surface area contributed by atoms with Crippen LogP contribution in [-0.2, 0) is 0 Å². The van der Waals surface area contributed by atoms with Crippen LogP contribution in [0.15, 0.2) is 0 Å². The van der Waals surface area contributed by atoms with Gasteiger partial charge in [0.1, 0.15) is 0 Å². The van der Waals surface area contributed by atoms with Gasteiger partial charge in [-0.05, 0) is 49.9 Å². The van der Waals surface area contributed by atoms with Crippen LogP contribution < -0.4 is 5.32 Å². The third-order valence-electron chi connectivity index (χ3n) is 5.00. The molecular weight excluding hydrogens is 263 g/mol. The molecule has 4 heteroatoms. The fraction of sp³-hybridized carbons (Fsp3) is 1.00. The fourth-order valence-corrected chi connectivity index (χ4v) is 4.44. The predicted molar refractivity (Wildman–Crippen MR) is 75.5 cm³/mol. The molecule has 0 aromatic rings. The minimum atomic E-state index is -4.01. The molecule has 2 rings (SSSR count). The van der Waals surface area contributed by atoms with Crippen LogP contribution in [0.1, 0.15) is 65.7 Å². The van der Waals surface area contributed by atoms with E-state index in [4.69, 9.17) is 0 Å². The first kappa shape index (κ1) is 16.1. The van der Waals surface area contributed by atoms with E-state index in [1.807, 2.05) is 0 Å². The Balaban J connectivity index is 1.89. The van der Waals surface area contributed by atoms with Crippen molar-refractivity contribution in [2.24, 2.45) is 17.3 Å². The molecule has 0 amide bonds. The van der Waals surface area contributed by atoms with E-state index in [2.05, 4.69) is 26.1 Å². The van der Waals surface area contributed by atoms with Gasteiger partial charge in [-0.25, -0.2) is 0 Å². The smallest absolute Gasteiger partial charge is 0.311 e. The van der Waals surface area contributed by atoms with Crippen LogP contribution in [0.2, 0.25) is 0 Å². The van der Waals surface area contributed by atoms with Crippen molar-refractivity contribution in [3.8, 4) is 0 Å². The van der Waals surface area contributed by atoms with Crippen LogP contribution in [0.25, 0.3) is 0 Å². The van der Waals surface area contributed by atoms with Gasteiger partial charge in [0, 0.05) is 12.1 Å². The predicted octanol–water partition coefficient (Wildman–Crippen LogP) is 4.91. The van der Waals surface area contributed by atoms with E-state index in [1.165, 1.54) is 6.42 Å². The molecule has 0 aliphatic heterocycles. The summed E-state index contributed by atoms with van der Waals surface area (Å²) in [7, 11) is 0. The number of halogens is 3. The van der Waals surface area contributed by atoms with Crippen LogP contribution in [0.5, 0.6) is 0 Å². The van der Waals surface area contributed by atoms with Crippen LogP contribution in [0, 0.1) is 17.3 Å². The van der Waals surface area contributed by atoms with Crippen molar-refractivity contribution < 1.29 is 13.2 Å². The summed E-state index contributed by atoms with van der Waals surface area (Å²) in [6.45, 7) is 6.81. The van der Waals surface area contributed by atoms with E-state index in [0.29, 0.717) is 30.2 Å². The molecule has 4 unspecified atom stereocenters. The first-order chi connectivity index (χ1) is 9.16. The Morgan fingerprint density at radius 1 is 1.00 bits per heavy atom. The monoisotopic (exact) mass is 291 g/mol. The topological polar surface area (TPSA) is 12.0 Å². The summed E-state index contributed by atoms with van der Waals surface area (Å²) in [5.74, 6) is -0.430. The maximum atomic E-state index is 12.9. The average molecular weight is 291 g/mol. The van der Waals surface area contributed by atoms with Gasteiger partial charge < -0.3 is 5.32 Å². The Kier molecular flexibility index (Phi) is 4.73. The van der Waals surface area contributed by atoms with Crippen molar-refractivity contribution in [1.29, 1.82) is 0 Å². The fourth-order valence-electron chi connectivity index (χ4n) is 4.44. The standard InChI is InChI=1S/C16H28F3N/c1-11-7-14(10-15(2,3)9-11)20-13-6-4-5-12(8-13)16(17,18)19/h11-14,20H,4-10H2,1-3H3. The van der Waals surface area contributed by atoms with Gasteiger partial charge in [-0.2, -0.15) is 13.2 Å². The second-order valence-corrected chi connectivity index (χ2v) is 7.88. The van der Waals surface area contributed by atoms with Crippen molar-refractivity contribution in [2.45, 2.75) is 84.0 Å². The lowest BCUT2D eigenvalue weighted by molar-refractivity contribution is -0.184. The van der Waals surface area contributed by atoms with E-state index in [0.717, 1.165) is 19.3 Å². The summed E-state index contributed by atoms with van der Waals surface area (Å²) in [4.78, 5) is 0. The van der Waals surface area contributed by atoms with E-state index >= 15 is 0 Å². The zero-order chi connectivity index (χ0) is 15.0. The van der Waals surface area contributed by atoms with E-state index < -0.39 is 12.1 Å². The number of rotatable bonds is 2. The van der Waals surface area contributed by atoms with Crippen LogP contribution in [0.3, 0.4) is 0 Å². The van der Waals surface area contributed by atoms with Crippen LogP contribution in [-0.4, -0.2) is 18.3 Å². The lowest BCUT2D eigenvalue weighted by Gasteiger charge is -2.42. The molecule has 2 aliphatic rings. The van der Waals surface area contributed by atoms with Gasteiger partial charge in [0.2, 0.25) is 0 Å². The molecule has 4 atom stereocenters. The van der Waals surface area contributed by atoms with Gasteiger partial charge in [0.25, 0.3) is 0 Å². The molecule has 118 valence electrons. The summed E-state index contributed by atoms with van der Waals surface area (Å²) in [6, 6.07) is 0.451. The summed E-state index contributed by atoms with van der Waals surface area (Å²) in [5, 5.41) is 3.55. The Labute approximate surface area is 120 Å². The number of hydrogen-bond donors (Lipinski definition) is 1. The van der Waals surface area contributed by atoms with E-state index in [-0.39, 0.29) is 12.5 Å². The highest BCUT2D eigenvalue weighted by Gasteiger charge is 2.43. The zero-order valence-electron chi connectivity index (χ0n) is 12.9. The van der Waals surface area contributed by atoms with Gasteiger partial charge in [-0.15, -0.1) is 0 Å². The maximum absolute atomic E-state index is 12.9. The van der Waals surface area contributed by atoms with Crippen LogP contribution >= 0.6 is 0 Å². The minimum absolute atomic E-state index is 0.0569. The van der Waals surface area contributed by atoms with Crippen molar-refractivity contribution in [3.63, 3.8) is 0 Å². The molecule has 0 bridgehead atoms. The van der Waals surface area contributed by atoms with Gasteiger partial charge in [0.15, 0.2) is 0 Å². The number of hydrogen-bond acceptors (Lipinski definition) is 1. The molecule has 0 heterocycles. The van der Waals surface area contributed by atoms with Gasteiger partial charge in [-0.1, -0.05) is 27.2 Å². The van der Waals surface area contributed by atoms with Crippen LogP contribution in [0.4, 0.5) is 13.2 Å². The lowest BCUT2D eigenvalue weighted by atomic mass is 9.70. The second-order valence-electron chi connectivity index (χ2n) is 7.88. The Morgan fingerprint density at radius 2 is 1.70 bits per heavy atom. The van der Waals surface area contributed by atoms with Crippen molar-refractivity contribution >= 4 is 0 Å². The minimum Gasteiger partial charge on any atom is -0.311 e. The molecule has 2 fully saturated rings. The Bertz CT molecular complexity index is 324. The van der Waals surface area contributed by atoms with E-state index in [1.54, 1.807) is 0 Å². The molecule has 0 spiro atoms. The molecular formula is C16H28F3N. The van der Waals surface area contributed by atoms with Gasteiger partial charge >= 0.3 is 6.18 Å². The van der Waals surface area contributed by atoms with Crippen molar-refractivity contribution in [2.75, 3.05) is 0 Å². The summed E-state index contributed by atoms with van der Waals surface area (Å²) in [5.41, 5.74) is 0.313. The number of alkyl halides is 3. The third-order valence-corrected chi connectivity index (χ3v) is 5.00. The molecule has 1 nitrogen and oxygen atoms in total. The first-order valence-corrected chi connectivity index (χ1v) is 7.98. The Morgan fingerprint density at radius 3 is 2.30 bits per heavy atom. The molecule has 0 saturated heterocycles. The summed E-state index contributed by atoms with van der Waals surface area (Å²) >= 11 is 0. The normalized spacial score (nSPS) is 38.7. The highest BCUT2D eigenvalue weighted by Crippen LogP contribution is 2.41. The first-order valence-electron chi connectivity index (χ1n) is 7.98. The zero-order valence-corrected chi connectivity index (χ0v) is 12.9. The Hall–Kier alpha value is -0.250. The lowest BCUT2D eigenvalue weighted by Crippen LogP contribution is -2.47. The second kappa shape index (κ2) is 5.86. The highest BCUT2D eigenvalue weighted by atomic mass is 19.4. The molecule has 2 aliphatic carbocycles. The molecule has 0 radical (unpaired) electrons.